The van der Waals surface area contributed by atoms with Gasteiger partial charge in [-0.15, -0.1) is 0 Å². The van der Waals surface area contributed by atoms with Gasteiger partial charge in [0.15, 0.2) is 23.8 Å². The molecule has 15 nitrogen and oxygen atoms in total. The molecule has 1 aliphatic heterocycles. The Bertz CT molecular complexity index is 1090. The molecule has 2 aromatic heterocycles. The molecule has 0 aromatic carbocycles. The summed E-state index contributed by atoms with van der Waals surface area (Å²) in [4.78, 5) is 59.2. The molecular weight excluding hydrogens is 466 g/mol. The van der Waals surface area contributed by atoms with Gasteiger partial charge in [-0.2, -0.15) is 0 Å². The summed E-state index contributed by atoms with van der Waals surface area (Å²) in [7, 11) is 0. The van der Waals surface area contributed by atoms with Gasteiger partial charge in [0, 0.05) is 12.8 Å². The van der Waals surface area contributed by atoms with Gasteiger partial charge in [-0.25, -0.2) is 15.0 Å². The van der Waals surface area contributed by atoms with E-state index in [0.29, 0.717) is 0 Å². The van der Waals surface area contributed by atoms with Crippen LogP contribution in [0.15, 0.2) is 12.7 Å². The summed E-state index contributed by atoms with van der Waals surface area (Å²) in [5, 5.41) is 10.8. The molecule has 2 aromatic rings. The zero-order valence-electron chi connectivity index (χ0n) is 18.7. The van der Waals surface area contributed by atoms with Crippen molar-refractivity contribution in [3.8, 4) is 0 Å². The number of carbonyl (C=O) groups is 4. The van der Waals surface area contributed by atoms with E-state index in [2.05, 4.69) is 15.0 Å². The predicted molar refractivity (Wildman–Crippen MR) is 117 cm³/mol. The van der Waals surface area contributed by atoms with Crippen molar-refractivity contribution in [1.82, 2.24) is 19.5 Å². The number of hydrogen-bond donors (Lipinski definition) is 4. The molecule has 2 unspecified atom stereocenters. The normalized spacial score (nSPS) is 21.7. The van der Waals surface area contributed by atoms with E-state index in [1.165, 1.54) is 17.2 Å². The van der Waals surface area contributed by atoms with Crippen molar-refractivity contribution in [1.29, 1.82) is 0 Å². The van der Waals surface area contributed by atoms with Crippen molar-refractivity contribution in [3.05, 3.63) is 12.7 Å². The number of ether oxygens (including phenoxy) is 3. The molecule has 0 amide bonds. The minimum Gasteiger partial charge on any atom is -0.463 e. The van der Waals surface area contributed by atoms with Gasteiger partial charge < -0.3 is 36.5 Å². The number of anilines is 1. The minimum atomic E-state index is -1.41. The lowest BCUT2D eigenvalue weighted by Crippen LogP contribution is -2.37. The van der Waals surface area contributed by atoms with Gasteiger partial charge in [0.2, 0.25) is 0 Å². The average Bonchev–Trinajstić information content (AvgIpc) is 3.41. The van der Waals surface area contributed by atoms with Crippen molar-refractivity contribution in [2.75, 3.05) is 25.4 Å². The number of ketones is 2. The summed E-state index contributed by atoms with van der Waals surface area (Å²) in [6, 6.07) is 0. The number of rotatable bonds is 12. The van der Waals surface area contributed by atoms with Crippen LogP contribution in [-0.2, 0) is 33.4 Å². The van der Waals surface area contributed by atoms with E-state index in [0.717, 1.165) is 0 Å². The van der Waals surface area contributed by atoms with Crippen molar-refractivity contribution in [3.63, 3.8) is 0 Å². The van der Waals surface area contributed by atoms with Gasteiger partial charge >= 0.3 is 11.9 Å². The second-order valence-corrected chi connectivity index (χ2v) is 7.76. The number of aliphatic hydroxyl groups is 1. The maximum absolute atomic E-state index is 12.4. The number of hydrogen-bond acceptors (Lipinski definition) is 14. The maximum Gasteiger partial charge on any atom is 0.306 e. The highest BCUT2D eigenvalue weighted by Gasteiger charge is 2.48. The molecule has 0 aliphatic carbocycles. The highest BCUT2D eigenvalue weighted by Crippen LogP contribution is 2.34. The summed E-state index contributed by atoms with van der Waals surface area (Å²) in [6.07, 6.45) is -2.95. The van der Waals surface area contributed by atoms with Crippen LogP contribution in [0.2, 0.25) is 0 Å². The molecule has 7 N–H and O–H groups in total. The average molecular weight is 493 g/mol. The predicted octanol–water partition coefficient (Wildman–Crippen LogP) is -2.26. The lowest BCUT2D eigenvalue weighted by Gasteiger charge is -2.21. The van der Waals surface area contributed by atoms with Crippen molar-refractivity contribution in [2.24, 2.45) is 11.5 Å². The molecule has 3 rings (SSSR count). The van der Waals surface area contributed by atoms with Gasteiger partial charge in [0.1, 0.15) is 42.2 Å². The quantitative estimate of drug-likeness (QED) is 0.228. The Labute approximate surface area is 198 Å². The molecule has 0 radical (unpaired) electrons. The number of esters is 2. The summed E-state index contributed by atoms with van der Waals surface area (Å²) < 4.78 is 17.8. The molecule has 1 saturated heterocycles. The Kier molecular flexibility index (Phi) is 8.75. The molecule has 1 aliphatic rings. The number of nitrogens with two attached hydrogens (primary N) is 3. The molecule has 0 spiro atoms. The van der Waals surface area contributed by atoms with Crippen molar-refractivity contribution >= 4 is 40.5 Å². The van der Waals surface area contributed by atoms with E-state index in [9.17, 15) is 24.3 Å². The van der Waals surface area contributed by atoms with E-state index in [4.69, 9.17) is 31.4 Å². The monoisotopic (exact) mass is 493 g/mol. The van der Waals surface area contributed by atoms with Gasteiger partial charge in [-0.1, -0.05) is 0 Å². The Morgan fingerprint density at radius 3 is 2.31 bits per heavy atom. The van der Waals surface area contributed by atoms with E-state index >= 15 is 0 Å². The van der Waals surface area contributed by atoms with Crippen LogP contribution in [0.5, 0.6) is 0 Å². The van der Waals surface area contributed by atoms with Crippen LogP contribution < -0.4 is 17.2 Å². The van der Waals surface area contributed by atoms with Gasteiger partial charge in [-0.05, 0) is 0 Å². The first-order valence-corrected chi connectivity index (χ1v) is 10.8. The molecule has 4 atom stereocenters. The molecule has 190 valence electrons. The smallest absolute Gasteiger partial charge is 0.306 e. The number of nitrogen functional groups attached to an aromatic ring is 1. The van der Waals surface area contributed by atoms with Gasteiger partial charge in [0.25, 0.3) is 0 Å². The maximum atomic E-state index is 12.4. The van der Waals surface area contributed by atoms with Crippen molar-refractivity contribution < 1.29 is 38.5 Å². The molecule has 3 heterocycles. The number of Topliss-reactive ketones (excluding diaryl/α,β-unsaturated/α-hetero) is 2. The second kappa shape index (κ2) is 11.7. The molecule has 1 fully saturated rings. The third-order valence-electron chi connectivity index (χ3n) is 5.32. The highest BCUT2D eigenvalue weighted by molar-refractivity contribution is 5.85. The molecular formula is C20H27N7O8. The first-order chi connectivity index (χ1) is 16.7. The first-order valence-electron chi connectivity index (χ1n) is 10.8. The SMILES string of the molecule is NCC(=O)CCC(=O)OC[C@H]1O[C@@H](n2cnc3c(N)ncnc32)C(OC(=O)CCC(=O)CN)C1O. The third kappa shape index (κ3) is 6.33. The summed E-state index contributed by atoms with van der Waals surface area (Å²) in [5.41, 5.74) is 16.8. The molecule has 0 bridgehead atoms. The fourth-order valence-electron chi connectivity index (χ4n) is 3.41. The Morgan fingerprint density at radius 1 is 1.00 bits per heavy atom. The van der Waals surface area contributed by atoms with Crippen LogP contribution in [-0.4, -0.2) is 86.1 Å². The fourth-order valence-corrected chi connectivity index (χ4v) is 3.41. The van der Waals surface area contributed by atoms with E-state index in [1.54, 1.807) is 0 Å². The third-order valence-corrected chi connectivity index (χ3v) is 5.32. The number of nitrogens with zero attached hydrogens (tertiary/aromatic N) is 4. The largest absolute Gasteiger partial charge is 0.463 e. The summed E-state index contributed by atoms with van der Waals surface area (Å²) in [6.45, 7) is -0.773. The Hall–Kier alpha value is -3.53. The molecule has 15 heteroatoms. The number of aromatic nitrogens is 4. The fraction of sp³-hybridized carbons (Fsp3) is 0.550. The number of fused-ring (bicyclic) bond motifs is 1. The number of carbonyl (C=O) groups excluding carboxylic acids is 4. The van der Waals surface area contributed by atoms with E-state index < -0.39 is 36.5 Å². The Balaban J connectivity index is 1.76. The zero-order chi connectivity index (χ0) is 25.5. The lowest BCUT2D eigenvalue weighted by atomic mass is 10.1. The number of aliphatic hydroxyl groups excluding tert-OH is 1. The number of imidazole rings is 1. The standard InChI is InChI=1S/C20H27N7O8/c21-5-10(28)1-3-13(30)33-7-12-16(32)17(35-14(31)4-2-11(29)6-22)20(34-12)27-9-26-15-18(23)24-8-25-19(15)27/h8-9,12,16-17,20,32H,1-7,21-22H2,(H2,23,24,25)/t12-,16?,17?,20-/m1/s1. The topological polar surface area (TPSA) is 238 Å². The summed E-state index contributed by atoms with van der Waals surface area (Å²) in [5.74, 6) is -1.96. The van der Waals surface area contributed by atoms with E-state index in [1.807, 2.05) is 0 Å². The zero-order valence-corrected chi connectivity index (χ0v) is 18.7. The van der Waals surface area contributed by atoms with Crippen LogP contribution in [0.1, 0.15) is 31.9 Å². The van der Waals surface area contributed by atoms with E-state index in [-0.39, 0.29) is 73.9 Å². The highest BCUT2D eigenvalue weighted by atomic mass is 16.6. The lowest BCUT2D eigenvalue weighted by molar-refractivity contribution is -0.159. The second-order valence-electron chi connectivity index (χ2n) is 7.76. The van der Waals surface area contributed by atoms with Gasteiger partial charge in [-0.3, -0.25) is 23.7 Å². The van der Waals surface area contributed by atoms with Gasteiger partial charge in [0.05, 0.1) is 32.3 Å². The minimum absolute atomic E-state index is 0.0735. The Morgan fingerprint density at radius 2 is 1.66 bits per heavy atom. The van der Waals surface area contributed by atoms with Crippen LogP contribution >= 0.6 is 0 Å². The first kappa shape index (κ1) is 26.1. The van der Waals surface area contributed by atoms with Crippen LogP contribution in [0.25, 0.3) is 11.2 Å². The summed E-state index contributed by atoms with van der Waals surface area (Å²) >= 11 is 0. The molecule has 0 saturated carbocycles. The van der Waals surface area contributed by atoms with Crippen molar-refractivity contribution in [2.45, 2.75) is 50.2 Å². The van der Waals surface area contributed by atoms with Crippen LogP contribution in [0, 0.1) is 0 Å². The molecule has 35 heavy (non-hydrogen) atoms. The van der Waals surface area contributed by atoms with Crippen LogP contribution in [0.4, 0.5) is 5.82 Å². The van der Waals surface area contributed by atoms with Crippen LogP contribution in [0.3, 0.4) is 0 Å².